The van der Waals surface area contributed by atoms with Crippen LogP contribution < -0.4 is 4.90 Å². The van der Waals surface area contributed by atoms with Crippen molar-refractivity contribution >= 4 is 11.7 Å². The molecule has 4 heteroatoms. The monoisotopic (exact) mass is 363 g/mol. The van der Waals surface area contributed by atoms with Crippen molar-refractivity contribution in [3.63, 3.8) is 0 Å². The number of carbonyl (C=O) groups excluding carboxylic acids is 1. The molecule has 3 rings (SSSR count). The molecular weight excluding hydrogens is 341 g/mol. The summed E-state index contributed by atoms with van der Waals surface area (Å²) in [6.07, 6.45) is 0. The highest BCUT2D eigenvalue weighted by Crippen LogP contribution is 2.25. The van der Waals surface area contributed by atoms with Gasteiger partial charge in [-0.15, -0.1) is 0 Å². The minimum atomic E-state index is -0.446. The van der Waals surface area contributed by atoms with Gasteiger partial charge in [0, 0.05) is 13.1 Å². The molecule has 0 atom stereocenters. The van der Waals surface area contributed by atoms with Gasteiger partial charge in [0.1, 0.15) is 5.82 Å². The van der Waals surface area contributed by atoms with E-state index in [-0.39, 0.29) is 12.4 Å². The molecule has 138 valence electrons. The van der Waals surface area contributed by atoms with Crippen LogP contribution in [0.2, 0.25) is 0 Å². The number of halogens is 1. The van der Waals surface area contributed by atoms with E-state index in [4.69, 9.17) is 4.74 Å². The minimum Gasteiger partial charge on any atom is -0.462 e. The summed E-state index contributed by atoms with van der Waals surface area (Å²) in [7, 11) is 0. The molecule has 0 aliphatic heterocycles. The number of rotatable bonds is 7. The molecule has 3 nitrogen and oxygen atoms in total. The maximum Gasteiger partial charge on any atom is 0.338 e. The summed E-state index contributed by atoms with van der Waals surface area (Å²) in [5, 5.41) is 0. The molecule has 0 aromatic heterocycles. The van der Waals surface area contributed by atoms with Gasteiger partial charge < -0.3 is 9.64 Å². The molecule has 0 bridgehead atoms. The highest BCUT2D eigenvalue weighted by atomic mass is 19.1. The Bertz CT molecular complexity index is 840. The van der Waals surface area contributed by atoms with Gasteiger partial charge in [0.05, 0.1) is 17.9 Å². The first-order valence-electron chi connectivity index (χ1n) is 8.97. The predicted octanol–water partition coefficient (Wildman–Crippen LogP) is 5.21. The zero-order chi connectivity index (χ0) is 19.1. The Morgan fingerprint density at radius 3 is 1.96 bits per heavy atom. The van der Waals surface area contributed by atoms with Gasteiger partial charge >= 0.3 is 5.97 Å². The normalized spacial score (nSPS) is 10.4. The van der Waals surface area contributed by atoms with Crippen LogP contribution in [0.25, 0.3) is 0 Å². The SMILES string of the molecule is CCOC(=O)c1ccc(F)c(N(Cc2ccccc2)Cc2ccccc2)c1. The number of nitrogens with zero attached hydrogens (tertiary/aromatic N) is 1. The molecule has 0 unspecified atom stereocenters. The fourth-order valence-corrected chi connectivity index (χ4v) is 2.93. The van der Waals surface area contributed by atoms with Gasteiger partial charge in [0.25, 0.3) is 0 Å². The number of hydrogen-bond acceptors (Lipinski definition) is 3. The van der Waals surface area contributed by atoms with Crippen LogP contribution in [-0.4, -0.2) is 12.6 Å². The van der Waals surface area contributed by atoms with Crippen LogP contribution in [0.4, 0.5) is 10.1 Å². The minimum absolute atomic E-state index is 0.281. The Balaban J connectivity index is 1.96. The highest BCUT2D eigenvalue weighted by Gasteiger charge is 2.17. The van der Waals surface area contributed by atoms with E-state index in [1.807, 2.05) is 65.6 Å². The Morgan fingerprint density at radius 1 is 0.889 bits per heavy atom. The second kappa shape index (κ2) is 8.99. The molecule has 0 saturated heterocycles. The molecule has 0 saturated carbocycles. The third-order valence-corrected chi connectivity index (χ3v) is 4.23. The van der Waals surface area contributed by atoms with Crippen LogP contribution in [0, 0.1) is 5.82 Å². The van der Waals surface area contributed by atoms with Crippen LogP contribution in [0.15, 0.2) is 78.9 Å². The lowest BCUT2D eigenvalue weighted by Gasteiger charge is -2.26. The Morgan fingerprint density at radius 2 is 1.44 bits per heavy atom. The van der Waals surface area contributed by atoms with E-state index in [1.54, 1.807) is 13.0 Å². The molecule has 0 radical (unpaired) electrons. The summed E-state index contributed by atoms with van der Waals surface area (Å²) in [4.78, 5) is 14.0. The fraction of sp³-hybridized carbons (Fsp3) is 0.174. The van der Waals surface area contributed by atoms with Gasteiger partial charge in [-0.2, -0.15) is 0 Å². The van der Waals surface area contributed by atoms with Gasteiger partial charge in [-0.05, 0) is 36.2 Å². The Kier molecular flexibility index (Phi) is 6.21. The predicted molar refractivity (Wildman–Crippen MR) is 105 cm³/mol. The topological polar surface area (TPSA) is 29.5 Å². The van der Waals surface area contributed by atoms with E-state index in [2.05, 4.69) is 0 Å². The van der Waals surface area contributed by atoms with Crippen molar-refractivity contribution in [2.75, 3.05) is 11.5 Å². The van der Waals surface area contributed by atoms with Crippen LogP contribution in [-0.2, 0) is 17.8 Å². The first-order valence-corrected chi connectivity index (χ1v) is 8.97. The lowest BCUT2D eigenvalue weighted by Crippen LogP contribution is -2.23. The van der Waals surface area contributed by atoms with Crippen molar-refractivity contribution in [3.05, 3.63) is 101 Å². The van der Waals surface area contributed by atoms with E-state index < -0.39 is 5.97 Å². The first kappa shape index (κ1) is 18.6. The van der Waals surface area contributed by atoms with E-state index >= 15 is 0 Å². The Hall–Kier alpha value is -3.14. The van der Waals surface area contributed by atoms with Gasteiger partial charge in [-0.25, -0.2) is 9.18 Å². The molecule has 0 amide bonds. The van der Waals surface area contributed by atoms with Crippen LogP contribution in [0.1, 0.15) is 28.4 Å². The number of benzene rings is 3. The third-order valence-electron chi connectivity index (χ3n) is 4.23. The lowest BCUT2D eigenvalue weighted by molar-refractivity contribution is 0.0526. The molecule has 27 heavy (non-hydrogen) atoms. The van der Waals surface area contributed by atoms with Crippen molar-refractivity contribution in [1.29, 1.82) is 0 Å². The van der Waals surface area contributed by atoms with Crippen molar-refractivity contribution in [3.8, 4) is 0 Å². The molecule has 0 N–H and O–H groups in total. The van der Waals surface area contributed by atoms with E-state index in [0.717, 1.165) is 11.1 Å². The molecule has 0 spiro atoms. The average molecular weight is 363 g/mol. The lowest BCUT2D eigenvalue weighted by atomic mass is 10.1. The quantitative estimate of drug-likeness (QED) is 0.540. The molecule has 0 aliphatic rings. The van der Waals surface area contributed by atoms with Gasteiger partial charge in [0.15, 0.2) is 0 Å². The highest BCUT2D eigenvalue weighted by molar-refractivity contribution is 5.90. The summed E-state index contributed by atoms with van der Waals surface area (Å²) in [6, 6.07) is 24.1. The van der Waals surface area contributed by atoms with E-state index in [9.17, 15) is 9.18 Å². The summed E-state index contributed by atoms with van der Waals surface area (Å²) >= 11 is 0. The van der Waals surface area contributed by atoms with Crippen molar-refractivity contribution in [2.24, 2.45) is 0 Å². The van der Waals surface area contributed by atoms with E-state index in [1.165, 1.54) is 12.1 Å². The second-order valence-electron chi connectivity index (χ2n) is 6.21. The van der Waals surface area contributed by atoms with E-state index in [0.29, 0.717) is 24.3 Å². The van der Waals surface area contributed by atoms with Gasteiger partial charge in [-0.3, -0.25) is 0 Å². The standard InChI is InChI=1S/C23H22FNO2/c1-2-27-23(26)20-13-14-21(24)22(15-20)25(16-18-9-5-3-6-10-18)17-19-11-7-4-8-12-19/h3-15H,2,16-17H2,1H3. The summed E-state index contributed by atoms with van der Waals surface area (Å²) < 4.78 is 19.7. The maximum atomic E-state index is 14.7. The molecule has 0 fully saturated rings. The van der Waals surface area contributed by atoms with Crippen LogP contribution >= 0.6 is 0 Å². The zero-order valence-electron chi connectivity index (χ0n) is 15.3. The van der Waals surface area contributed by atoms with Crippen molar-refractivity contribution < 1.29 is 13.9 Å². The van der Waals surface area contributed by atoms with Crippen molar-refractivity contribution in [2.45, 2.75) is 20.0 Å². The Labute approximate surface area is 159 Å². The fourth-order valence-electron chi connectivity index (χ4n) is 2.93. The number of hydrogen-bond donors (Lipinski definition) is 0. The van der Waals surface area contributed by atoms with Crippen LogP contribution in [0.5, 0.6) is 0 Å². The summed E-state index contributed by atoms with van der Waals surface area (Å²) in [6.45, 7) is 3.08. The van der Waals surface area contributed by atoms with Crippen LogP contribution in [0.3, 0.4) is 0 Å². The average Bonchev–Trinajstić information content (AvgIpc) is 2.70. The number of anilines is 1. The molecule has 0 aliphatic carbocycles. The largest absolute Gasteiger partial charge is 0.462 e. The maximum absolute atomic E-state index is 14.7. The number of carbonyl (C=O) groups is 1. The smallest absolute Gasteiger partial charge is 0.338 e. The molecule has 3 aromatic rings. The third kappa shape index (κ3) is 4.94. The van der Waals surface area contributed by atoms with Gasteiger partial charge in [-0.1, -0.05) is 60.7 Å². The first-order chi connectivity index (χ1) is 13.2. The summed E-state index contributed by atoms with van der Waals surface area (Å²) in [5.74, 6) is -0.812. The summed E-state index contributed by atoms with van der Waals surface area (Å²) in [5.41, 5.74) is 2.86. The van der Waals surface area contributed by atoms with Crippen molar-refractivity contribution in [1.82, 2.24) is 0 Å². The number of ether oxygens (including phenoxy) is 1. The zero-order valence-corrected chi connectivity index (χ0v) is 15.3. The second-order valence-corrected chi connectivity index (χ2v) is 6.21. The molecular formula is C23H22FNO2. The van der Waals surface area contributed by atoms with Gasteiger partial charge in [0.2, 0.25) is 0 Å². The molecule has 3 aromatic carbocycles. The number of esters is 1. The molecule has 0 heterocycles.